The van der Waals surface area contributed by atoms with Gasteiger partial charge in [0.1, 0.15) is 12.3 Å². The standard InChI is InChI=1S/C18H14Cl2N2O5/c1-9-17(24)22(14-6-10(18(25)26)2-5-15(14)27-9)8-16(23)21-13-4-3-11(19)7-12(13)20/h2-7,9H,8H2,1H3,(H,21,23)(H,25,26). The second-order valence-corrected chi connectivity index (χ2v) is 6.69. The summed E-state index contributed by atoms with van der Waals surface area (Å²) < 4.78 is 5.49. The Morgan fingerprint density at radius 2 is 1.96 bits per heavy atom. The van der Waals surface area contributed by atoms with E-state index < -0.39 is 23.9 Å². The molecule has 0 aromatic heterocycles. The Morgan fingerprint density at radius 3 is 2.63 bits per heavy atom. The number of carbonyl (C=O) groups is 3. The first-order valence-corrected chi connectivity index (χ1v) is 8.62. The number of fused-ring (bicyclic) bond motifs is 1. The summed E-state index contributed by atoms with van der Waals surface area (Å²) in [6, 6.07) is 8.72. The summed E-state index contributed by atoms with van der Waals surface area (Å²) in [5.41, 5.74) is 0.542. The zero-order valence-corrected chi connectivity index (χ0v) is 15.5. The summed E-state index contributed by atoms with van der Waals surface area (Å²) in [5, 5.41) is 12.5. The number of carboxylic acids is 1. The summed E-state index contributed by atoms with van der Waals surface area (Å²) in [7, 11) is 0. The van der Waals surface area contributed by atoms with Crippen LogP contribution in [0.2, 0.25) is 10.0 Å². The number of aromatic carboxylic acids is 1. The maximum atomic E-state index is 12.5. The van der Waals surface area contributed by atoms with E-state index in [4.69, 9.17) is 27.9 Å². The average Bonchev–Trinajstić information content (AvgIpc) is 2.61. The normalized spacial score (nSPS) is 15.7. The van der Waals surface area contributed by atoms with Crippen LogP contribution in [0, 0.1) is 0 Å². The highest BCUT2D eigenvalue weighted by atomic mass is 35.5. The highest BCUT2D eigenvalue weighted by Crippen LogP contribution is 2.35. The molecule has 2 amide bonds. The Kier molecular flexibility index (Phi) is 5.25. The van der Waals surface area contributed by atoms with Crippen molar-refractivity contribution < 1.29 is 24.2 Å². The first-order chi connectivity index (χ1) is 12.8. The Labute approximate surface area is 164 Å². The molecule has 9 heteroatoms. The third-order valence-electron chi connectivity index (χ3n) is 3.92. The number of benzene rings is 2. The van der Waals surface area contributed by atoms with Crippen LogP contribution in [-0.2, 0) is 9.59 Å². The zero-order chi connectivity index (χ0) is 19.7. The molecule has 3 rings (SSSR count). The monoisotopic (exact) mass is 408 g/mol. The van der Waals surface area contributed by atoms with E-state index in [2.05, 4.69) is 5.32 Å². The van der Waals surface area contributed by atoms with Crippen LogP contribution in [0.1, 0.15) is 17.3 Å². The molecule has 0 fully saturated rings. The van der Waals surface area contributed by atoms with E-state index in [0.717, 1.165) is 0 Å². The van der Waals surface area contributed by atoms with Crippen molar-refractivity contribution in [1.29, 1.82) is 0 Å². The van der Waals surface area contributed by atoms with Crippen LogP contribution < -0.4 is 15.0 Å². The molecule has 2 aromatic carbocycles. The number of amides is 2. The molecule has 7 nitrogen and oxygen atoms in total. The molecule has 140 valence electrons. The number of rotatable bonds is 4. The van der Waals surface area contributed by atoms with E-state index in [1.807, 2.05) is 0 Å². The molecule has 1 heterocycles. The van der Waals surface area contributed by atoms with E-state index in [1.54, 1.807) is 19.1 Å². The van der Waals surface area contributed by atoms with Crippen LogP contribution in [0.3, 0.4) is 0 Å². The lowest BCUT2D eigenvalue weighted by atomic mass is 10.1. The van der Waals surface area contributed by atoms with Crippen LogP contribution in [0.5, 0.6) is 5.75 Å². The summed E-state index contributed by atoms with van der Waals surface area (Å²) >= 11 is 11.9. The number of halogens is 2. The fraction of sp³-hybridized carbons (Fsp3) is 0.167. The quantitative estimate of drug-likeness (QED) is 0.807. The van der Waals surface area contributed by atoms with Gasteiger partial charge in [-0.05, 0) is 43.3 Å². The van der Waals surface area contributed by atoms with Gasteiger partial charge in [0, 0.05) is 5.02 Å². The molecule has 0 aliphatic carbocycles. The Bertz CT molecular complexity index is 947. The second kappa shape index (κ2) is 7.46. The number of nitrogens with zero attached hydrogens (tertiary/aromatic N) is 1. The first-order valence-electron chi connectivity index (χ1n) is 7.86. The number of carboxylic acid groups (broad SMARTS) is 1. The molecule has 0 saturated carbocycles. The Balaban J connectivity index is 1.87. The molecule has 0 saturated heterocycles. The van der Waals surface area contributed by atoms with Gasteiger partial charge in [-0.3, -0.25) is 14.5 Å². The van der Waals surface area contributed by atoms with Gasteiger partial charge in [-0.25, -0.2) is 4.79 Å². The van der Waals surface area contributed by atoms with Crippen LogP contribution in [0.15, 0.2) is 36.4 Å². The molecule has 2 aromatic rings. The van der Waals surface area contributed by atoms with Crippen molar-refractivity contribution in [3.63, 3.8) is 0 Å². The first kappa shape index (κ1) is 19.0. The van der Waals surface area contributed by atoms with E-state index in [1.165, 1.54) is 29.2 Å². The molecule has 1 unspecified atom stereocenters. The van der Waals surface area contributed by atoms with Crippen LogP contribution in [0.4, 0.5) is 11.4 Å². The van der Waals surface area contributed by atoms with Gasteiger partial charge >= 0.3 is 5.97 Å². The van der Waals surface area contributed by atoms with Crippen LogP contribution in [0.25, 0.3) is 0 Å². The van der Waals surface area contributed by atoms with Crippen molar-refractivity contribution in [3.8, 4) is 5.75 Å². The van der Waals surface area contributed by atoms with Gasteiger partial charge in [0.25, 0.3) is 5.91 Å². The highest BCUT2D eigenvalue weighted by molar-refractivity contribution is 6.36. The summed E-state index contributed by atoms with van der Waals surface area (Å²) in [6.07, 6.45) is -0.805. The predicted octanol–water partition coefficient (Wildman–Crippen LogP) is 3.44. The lowest BCUT2D eigenvalue weighted by Crippen LogP contribution is -2.47. The number of carbonyl (C=O) groups excluding carboxylic acids is 2. The van der Waals surface area contributed by atoms with Gasteiger partial charge in [0.2, 0.25) is 5.91 Å². The van der Waals surface area contributed by atoms with Crippen molar-refractivity contribution in [2.45, 2.75) is 13.0 Å². The van der Waals surface area contributed by atoms with Gasteiger partial charge in [-0.1, -0.05) is 23.2 Å². The number of hydrogen-bond donors (Lipinski definition) is 2. The summed E-state index contributed by atoms with van der Waals surface area (Å²) in [5.74, 6) is -1.79. The molecule has 1 atom stereocenters. The second-order valence-electron chi connectivity index (χ2n) is 5.84. The highest BCUT2D eigenvalue weighted by Gasteiger charge is 2.33. The molecular formula is C18H14Cl2N2O5. The molecule has 0 spiro atoms. The molecule has 1 aliphatic rings. The molecule has 0 radical (unpaired) electrons. The topological polar surface area (TPSA) is 95.9 Å². The van der Waals surface area contributed by atoms with Gasteiger partial charge in [-0.15, -0.1) is 0 Å². The molecule has 2 N–H and O–H groups in total. The lowest BCUT2D eigenvalue weighted by Gasteiger charge is -2.32. The van der Waals surface area contributed by atoms with E-state index in [0.29, 0.717) is 16.5 Å². The minimum Gasteiger partial charge on any atom is -0.479 e. The number of nitrogens with one attached hydrogen (secondary N) is 1. The largest absolute Gasteiger partial charge is 0.479 e. The van der Waals surface area contributed by atoms with E-state index >= 15 is 0 Å². The fourth-order valence-corrected chi connectivity index (χ4v) is 3.08. The Hall–Kier alpha value is -2.77. The van der Waals surface area contributed by atoms with Gasteiger partial charge < -0.3 is 15.2 Å². The molecule has 0 bridgehead atoms. The van der Waals surface area contributed by atoms with E-state index in [-0.39, 0.29) is 22.8 Å². The Morgan fingerprint density at radius 1 is 1.22 bits per heavy atom. The SMILES string of the molecule is CC1Oc2ccc(C(=O)O)cc2N(CC(=O)Nc2ccc(Cl)cc2Cl)C1=O. The maximum Gasteiger partial charge on any atom is 0.335 e. The number of ether oxygens (including phenoxy) is 1. The minimum absolute atomic E-state index is 0.0224. The minimum atomic E-state index is -1.15. The van der Waals surface area contributed by atoms with E-state index in [9.17, 15) is 19.5 Å². The van der Waals surface area contributed by atoms with Crippen LogP contribution >= 0.6 is 23.2 Å². The third-order valence-corrected chi connectivity index (χ3v) is 4.47. The average molecular weight is 409 g/mol. The number of hydrogen-bond acceptors (Lipinski definition) is 4. The van der Waals surface area contributed by atoms with Gasteiger partial charge in [0.05, 0.1) is 22.0 Å². The predicted molar refractivity (Wildman–Crippen MR) is 101 cm³/mol. The van der Waals surface area contributed by atoms with Crippen molar-refractivity contribution in [1.82, 2.24) is 0 Å². The summed E-state index contributed by atoms with van der Waals surface area (Å²) in [4.78, 5) is 37.4. The van der Waals surface area contributed by atoms with Gasteiger partial charge in [-0.2, -0.15) is 0 Å². The smallest absolute Gasteiger partial charge is 0.335 e. The van der Waals surface area contributed by atoms with Crippen LogP contribution in [-0.4, -0.2) is 35.5 Å². The third kappa shape index (κ3) is 3.99. The van der Waals surface area contributed by atoms with Crippen molar-refractivity contribution in [2.75, 3.05) is 16.8 Å². The van der Waals surface area contributed by atoms with Crippen molar-refractivity contribution in [3.05, 3.63) is 52.0 Å². The molecule has 1 aliphatic heterocycles. The molecule has 27 heavy (non-hydrogen) atoms. The maximum absolute atomic E-state index is 12.5. The molecular weight excluding hydrogens is 395 g/mol. The number of anilines is 2. The zero-order valence-electron chi connectivity index (χ0n) is 14.0. The van der Waals surface area contributed by atoms with Crippen molar-refractivity contribution in [2.24, 2.45) is 0 Å². The fourth-order valence-electron chi connectivity index (χ4n) is 2.63. The summed E-state index contributed by atoms with van der Waals surface area (Å²) in [6.45, 7) is 1.22. The lowest BCUT2D eigenvalue weighted by molar-refractivity contribution is -0.127. The van der Waals surface area contributed by atoms with Crippen molar-refractivity contribution >= 4 is 52.4 Å². The van der Waals surface area contributed by atoms with Gasteiger partial charge in [0.15, 0.2) is 6.10 Å².